The van der Waals surface area contributed by atoms with Gasteiger partial charge in [0.15, 0.2) is 0 Å². The quantitative estimate of drug-likeness (QED) is 0.592. The molecule has 0 aromatic heterocycles. The SMILES string of the molecule is [2H]C1([2H])CC([2H])(C(C)(C)C)C(=O)NC1=C. The summed E-state index contributed by atoms with van der Waals surface area (Å²) < 4.78 is 23.5. The van der Waals surface area contributed by atoms with Crippen molar-refractivity contribution in [1.82, 2.24) is 5.32 Å². The topological polar surface area (TPSA) is 29.1 Å². The van der Waals surface area contributed by atoms with E-state index in [1.54, 1.807) is 20.8 Å². The van der Waals surface area contributed by atoms with Gasteiger partial charge in [-0.15, -0.1) is 0 Å². The smallest absolute Gasteiger partial charge is 0.227 e. The summed E-state index contributed by atoms with van der Waals surface area (Å²) >= 11 is 0. The molecule has 1 rings (SSSR count). The summed E-state index contributed by atoms with van der Waals surface area (Å²) in [6.45, 7) is 8.78. The molecule has 1 unspecified atom stereocenters. The van der Waals surface area contributed by atoms with Gasteiger partial charge in [-0.1, -0.05) is 27.4 Å². The number of carbonyl (C=O) groups is 1. The molecule has 0 bridgehead atoms. The molecule has 2 heteroatoms. The Morgan fingerprint density at radius 1 is 1.75 bits per heavy atom. The Kier molecular flexibility index (Phi) is 1.41. The Bertz CT molecular complexity index is 319. The van der Waals surface area contributed by atoms with Gasteiger partial charge in [0.05, 0.1) is 0 Å². The monoisotopic (exact) mass is 170 g/mol. The van der Waals surface area contributed by atoms with Crippen LogP contribution in [0.4, 0.5) is 0 Å². The number of nitrogens with one attached hydrogen (secondary N) is 1. The van der Waals surface area contributed by atoms with Crippen LogP contribution in [0.3, 0.4) is 0 Å². The summed E-state index contributed by atoms with van der Waals surface area (Å²) in [5, 5.41) is 2.37. The van der Waals surface area contributed by atoms with Crippen LogP contribution in [-0.2, 0) is 4.79 Å². The molecule has 1 heterocycles. The maximum atomic E-state index is 11.7. The van der Waals surface area contributed by atoms with E-state index in [9.17, 15) is 4.79 Å². The van der Waals surface area contributed by atoms with E-state index in [1.165, 1.54) is 0 Å². The van der Waals surface area contributed by atoms with Gasteiger partial charge in [-0.2, -0.15) is 0 Å². The maximum absolute atomic E-state index is 11.7. The van der Waals surface area contributed by atoms with E-state index >= 15 is 0 Å². The van der Waals surface area contributed by atoms with Crippen LogP contribution in [0, 0.1) is 11.3 Å². The molecule has 1 aliphatic heterocycles. The number of amides is 1. The molecule has 0 radical (unpaired) electrons. The van der Waals surface area contributed by atoms with Crippen molar-refractivity contribution < 1.29 is 8.91 Å². The molecule has 0 saturated carbocycles. The number of carbonyl (C=O) groups excluding carboxylic acids is 1. The van der Waals surface area contributed by atoms with Crippen molar-refractivity contribution >= 4 is 5.91 Å². The van der Waals surface area contributed by atoms with Gasteiger partial charge in [0.25, 0.3) is 0 Å². The third-order valence-electron chi connectivity index (χ3n) is 1.92. The van der Waals surface area contributed by atoms with Crippen LogP contribution in [0.2, 0.25) is 0 Å². The summed E-state index contributed by atoms with van der Waals surface area (Å²) in [7, 11) is 0. The zero-order chi connectivity index (χ0) is 12.1. The average molecular weight is 170 g/mol. The van der Waals surface area contributed by atoms with E-state index < -0.39 is 23.6 Å². The number of hydrogen-bond acceptors (Lipinski definition) is 1. The minimum atomic E-state index is -1.71. The lowest BCUT2D eigenvalue weighted by Crippen LogP contribution is -2.41. The molecular formula is C10H17NO. The lowest BCUT2D eigenvalue weighted by Gasteiger charge is -2.33. The highest BCUT2D eigenvalue weighted by atomic mass is 16.2. The summed E-state index contributed by atoms with van der Waals surface area (Å²) in [6.07, 6.45) is -1.85. The molecule has 68 valence electrons. The van der Waals surface area contributed by atoms with E-state index in [-0.39, 0.29) is 12.1 Å². The second kappa shape index (κ2) is 2.92. The molecule has 0 aromatic rings. The molecule has 1 atom stereocenters. The lowest BCUT2D eigenvalue weighted by molar-refractivity contribution is -0.129. The molecule has 12 heavy (non-hydrogen) atoms. The zero-order valence-corrected chi connectivity index (χ0v) is 7.82. The number of allylic oxidation sites excluding steroid dienone is 1. The third kappa shape index (κ3) is 1.87. The van der Waals surface area contributed by atoms with E-state index in [2.05, 4.69) is 11.9 Å². The minimum absolute atomic E-state index is 0.0552. The Labute approximate surface area is 78.3 Å². The van der Waals surface area contributed by atoms with Crippen molar-refractivity contribution in [2.45, 2.75) is 33.6 Å². The van der Waals surface area contributed by atoms with E-state index in [0.29, 0.717) is 0 Å². The van der Waals surface area contributed by atoms with Crippen molar-refractivity contribution in [3.05, 3.63) is 12.3 Å². The van der Waals surface area contributed by atoms with Gasteiger partial charge in [0.1, 0.15) is 0 Å². The van der Waals surface area contributed by atoms with Gasteiger partial charge in [0, 0.05) is 15.7 Å². The van der Waals surface area contributed by atoms with Crippen LogP contribution >= 0.6 is 0 Å². The minimum Gasteiger partial charge on any atom is -0.330 e. The molecular weight excluding hydrogens is 150 g/mol. The number of hydrogen-bond donors (Lipinski definition) is 1. The standard InChI is InChI=1S/C10H17NO/c1-7-5-6-8(9(12)11-7)10(2,3)4/h8H,1,5-6H2,2-4H3,(H,11,12)/i5D2,8D. The second-order valence-corrected chi connectivity index (χ2v) is 4.01. The van der Waals surface area contributed by atoms with Gasteiger partial charge in [-0.25, -0.2) is 0 Å². The van der Waals surface area contributed by atoms with Crippen LogP contribution in [0.5, 0.6) is 0 Å². The first-order valence-corrected chi connectivity index (χ1v) is 4.01. The first-order chi connectivity index (χ1) is 6.51. The van der Waals surface area contributed by atoms with Crippen LogP contribution in [0.15, 0.2) is 12.3 Å². The fourth-order valence-corrected chi connectivity index (χ4v) is 1.14. The Balaban J connectivity index is 3.13. The Morgan fingerprint density at radius 3 is 2.83 bits per heavy atom. The summed E-state index contributed by atoms with van der Waals surface area (Å²) in [6, 6.07) is 0. The van der Waals surface area contributed by atoms with Gasteiger partial charge in [-0.05, 0) is 18.2 Å². The Morgan fingerprint density at radius 2 is 2.33 bits per heavy atom. The molecule has 1 amide bonds. The van der Waals surface area contributed by atoms with Crippen LogP contribution in [0.25, 0.3) is 0 Å². The molecule has 0 aromatic carbocycles. The van der Waals surface area contributed by atoms with E-state index in [4.69, 9.17) is 4.11 Å². The second-order valence-electron chi connectivity index (χ2n) is 4.01. The highest BCUT2D eigenvalue weighted by Gasteiger charge is 2.33. The van der Waals surface area contributed by atoms with Crippen molar-refractivity contribution in [2.75, 3.05) is 0 Å². The predicted octanol–water partition coefficient (Wildman–Crippen LogP) is 2.07. The zero-order valence-electron chi connectivity index (χ0n) is 10.8. The molecule has 0 aliphatic carbocycles. The summed E-state index contributed by atoms with van der Waals surface area (Å²) in [5.41, 5.74) is -0.551. The van der Waals surface area contributed by atoms with E-state index in [1.807, 2.05) is 0 Å². The number of rotatable bonds is 0. The number of piperidine rings is 1. The molecule has 0 spiro atoms. The van der Waals surface area contributed by atoms with E-state index in [0.717, 1.165) is 0 Å². The van der Waals surface area contributed by atoms with Crippen LogP contribution < -0.4 is 5.32 Å². The highest BCUT2D eigenvalue weighted by molar-refractivity contribution is 5.82. The summed E-state index contributed by atoms with van der Waals surface area (Å²) in [4.78, 5) is 11.7. The van der Waals surface area contributed by atoms with Gasteiger partial charge in [-0.3, -0.25) is 4.79 Å². The average Bonchev–Trinajstić information content (AvgIpc) is 1.98. The van der Waals surface area contributed by atoms with Gasteiger partial charge >= 0.3 is 0 Å². The molecule has 1 aliphatic rings. The molecule has 1 N–H and O–H groups in total. The van der Waals surface area contributed by atoms with Crippen molar-refractivity contribution in [3.63, 3.8) is 0 Å². The largest absolute Gasteiger partial charge is 0.330 e. The molecule has 1 saturated heterocycles. The predicted molar refractivity (Wildman–Crippen MR) is 49.5 cm³/mol. The normalized spacial score (nSPS) is 39.4. The lowest BCUT2D eigenvalue weighted by atomic mass is 9.76. The highest BCUT2D eigenvalue weighted by Crippen LogP contribution is 2.33. The molecule has 1 fully saturated rings. The van der Waals surface area contributed by atoms with Gasteiger partial charge in [0.2, 0.25) is 5.91 Å². The summed E-state index contributed by atoms with van der Waals surface area (Å²) in [5.74, 6) is -1.91. The first kappa shape index (κ1) is 5.79. The Hall–Kier alpha value is -0.790. The van der Waals surface area contributed by atoms with Crippen molar-refractivity contribution in [1.29, 1.82) is 0 Å². The fourth-order valence-electron chi connectivity index (χ4n) is 1.14. The first-order valence-electron chi connectivity index (χ1n) is 5.51. The third-order valence-corrected chi connectivity index (χ3v) is 1.92. The van der Waals surface area contributed by atoms with Gasteiger partial charge < -0.3 is 5.32 Å². The van der Waals surface area contributed by atoms with Crippen molar-refractivity contribution in [2.24, 2.45) is 11.3 Å². The molecule has 2 nitrogen and oxygen atoms in total. The van der Waals surface area contributed by atoms with Crippen molar-refractivity contribution in [3.8, 4) is 0 Å². The maximum Gasteiger partial charge on any atom is 0.227 e. The van der Waals surface area contributed by atoms with Crippen LogP contribution in [-0.4, -0.2) is 5.91 Å². The fraction of sp³-hybridized carbons (Fsp3) is 0.700. The van der Waals surface area contributed by atoms with Crippen LogP contribution in [0.1, 0.15) is 37.7 Å².